The largest absolute Gasteiger partial charge is 0.377 e. The molecule has 2 rings (SSSR count). The molecule has 1 aromatic carbocycles. The average Bonchev–Trinajstić information content (AvgIpc) is 2.63. The summed E-state index contributed by atoms with van der Waals surface area (Å²) < 4.78 is 0. The van der Waals surface area contributed by atoms with E-state index in [1.54, 1.807) is 6.07 Å². The molecule has 5 nitrogen and oxygen atoms in total. The van der Waals surface area contributed by atoms with Crippen LogP contribution in [0, 0.1) is 27.4 Å². The van der Waals surface area contributed by atoms with E-state index < -0.39 is 4.92 Å². The summed E-state index contributed by atoms with van der Waals surface area (Å²) in [6, 6.07) is 6.75. The van der Waals surface area contributed by atoms with Crippen LogP contribution in [-0.4, -0.2) is 11.0 Å². The molecule has 1 aliphatic rings. The number of nitro groups is 1. The molecule has 5 heteroatoms. The first-order chi connectivity index (χ1) is 9.60. The molecule has 0 spiro atoms. The van der Waals surface area contributed by atoms with Crippen molar-refractivity contribution in [3.05, 3.63) is 33.9 Å². The molecule has 0 aliphatic heterocycles. The lowest BCUT2D eigenvalue weighted by molar-refractivity contribution is -0.384. The zero-order chi connectivity index (χ0) is 14.5. The Bertz CT molecular complexity index is 536. The second-order valence-corrected chi connectivity index (χ2v) is 5.56. The van der Waals surface area contributed by atoms with E-state index >= 15 is 0 Å². The maximum atomic E-state index is 11.1. The highest BCUT2D eigenvalue weighted by Gasteiger charge is 2.20. The normalized spacial score (nSPS) is 22.6. The summed E-state index contributed by atoms with van der Waals surface area (Å²) in [4.78, 5) is 10.7. The van der Waals surface area contributed by atoms with Gasteiger partial charge in [0.25, 0.3) is 5.69 Å². The lowest BCUT2D eigenvalue weighted by Crippen LogP contribution is -2.19. The second kappa shape index (κ2) is 6.38. The van der Waals surface area contributed by atoms with Crippen molar-refractivity contribution in [1.29, 1.82) is 5.26 Å². The van der Waals surface area contributed by atoms with Crippen molar-refractivity contribution in [2.24, 2.45) is 5.92 Å². The number of nitro benzene ring substituents is 1. The summed E-state index contributed by atoms with van der Waals surface area (Å²) >= 11 is 0. The fourth-order valence-corrected chi connectivity index (χ4v) is 2.73. The van der Waals surface area contributed by atoms with Gasteiger partial charge in [-0.15, -0.1) is 0 Å². The molecule has 0 heterocycles. The van der Waals surface area contributed by atoms with Gasteiger partial charge in [-0.2, -0.15) is 5.26 Å². The summed E-state index contributed by atoms with van der Waals surface area (Å²) in [5.41, 5.74) is 0.954. The van der Waals surface area contributed by atoms with Gasteiger partial charge >= 0.3 is 0 Å². The monoisotopic (exact) mass is 273 g/mol. The zero-order valence-corrected chi connectivity index (χ0v) is 11.6. The smallest absolute Gasteiger partial charge is 0.292 e. The van der Waals surface area contributed by atoms with Crippen molar-refractivity contribution < 1.29 is 4.92 Å². The van der Waals surface area contributed by atoms with Crippen LogP contribution in [0.2, 0.25) is 0 Å². The van der Waals surface area contributed by atoms with Crippen molar-refractivity contribution in [3.8, 4) is 6.07 Å². The van der Waals surface area contributed by atoms with Gasteiger partial charge in [-0.25, -0.2) is 0 Å². The predicted molar refractivity (Wildman–Crippen MR) is 77.5 cm³/mol. The van der Waals surface area contributed by atoms with Gasteiger partial charge in [0.05, 0.1) is 16.6 Å². The summed E-state index contributed by atoms with van der Waals surface area (Å²) in [5.74, 6) is 0.724. The molecule has 2 atom stereocenters. The molecule has 2 unspecified atom stereocenters. The second-order valence-electron chi connectivity index (χ2n) is 5.56. The first kappa shape index (κ1) is 14.3. The summed E-state index contributed by atoms with van der Waals surface area (Å²) in [6.07, 6.45) is 5.56. The van der Waals surface area contributed by atoms with E-state index in [4.69, 9.17) is 5.26 Å². The van der Waals surface area contributed by atoms with Gasteiger partial charge in [0, 0.05) is 12.1 Å². The highest BCUT2D eigenvalue weighted by atomic mass is 16.6. The highest BCUT2D eigenvalue weighted by molar-refractivity contribution is 5.64. The number of nitriles is 1. The number of nitrogens with zero attached hydrogens (tertiary/aromatic N) is 2. The third-order valence-corrected chi connectivity index (χ3v) is 3.94. The lowest BCUT2D eigenvalue weighted by atomic mass is 10.0. The topological polar surface area (TPSA) is 79.0 Å². The van der Waals surface area contributed by atoms with E-state index in [2.05, 4.69) is 12.2 Å². The molecule has 0 radical (unpaired) electrons. The quantitative estimate of drug-likeness (QED) is 0.515. The maximum absolute atomic E-state index is 11.1. The molecule has 0 aromatic heterocycles. The minimum absolute atomic E-state index is 0.0429. The molecular weight excluding hydrogens is 254 g/mol. The van der Waals surface area contributed by atoms with Crippen LogP contribution in [0.5, 0.6) is 0 Å². The standard InChI is InChI=1S/C15H19N3O2/c1-11-3-2-4-13(7-5-11)17-14-9-12(10-16)6-8-15(14)18(19)20/h6,8-9,11,13,17H,2-5,7H2,1H3. The number of nitrogens with one attached hydrogen (secondary N) is 1. The van der Waals surface area contributed by atoms with Crippen molar-refractivity contribution in [2.45, 2.75) is 45.1 Å². The fraction of sp³-hybridized carbons (Fsp3) is 0.533. The van der Waals surface area contributed by atoms with Gasteiger partial charge in [-0.1, -0.05) is 19.8 Å². The van der Waals surface area contributed by atoms with Crippen LogP contribution in [0.4, 0.5) is 11.4 Å². The predicted octanol–water partition coefficient (Wildman–Crippen LogP) is 3.85. The molecule has 1 fully saturated rings. The summed E-state index contributed by atoms with van der Waals surface area (Å²) in [7, 11) is 0. The van der Waals surface area contributed by atoms with Gasteiger partial charge < -0.3 is 5.32 Å². The van der Waals surface area contributed by atoms with E-state index in [1.165, 1.54) is 18.6 Å². The van der Waals surface area contributed by atoms with Crippen LogP contribution in [0.3, 0.4) is 0 Å². The van der Waals surface area contributed by atoms with E-state index in [0.717, 1.165) is 31.6 Å². The van der Waals surface area contributed by atoms with Crippen LogP contribution in [0.1, 0.15) is 44.6 Å². The van der Waals surface area contributed by atoms with Crippen LogP contribution >= 0.6 is 0 Å². The Morgan fingerprint density at radius 3 is 2.85 bits per heavy atom. The first-order valence-electron chi connectivity index (χ1n) is 7.05. The molecule has 0 saturated heterocycles. The van der Waals surface area contributed by atoms with Crippen molar-refractivity contribution in [2.75, 3.05) is 5.32 Å². The Morgan fingerprint density at radius 2 is 2.15 bits per heavy atom. The molecule has 106 valence electrons. The number of hydrogen-bond acceptors (Lipinski definition) is 4. The van der Waals surface area contributed by atoms with E-state index in [-0.39, 0.29) is 11.7 Å². The van der Waals surface area contributed by atoms with E-state index in [0.29, 0.717) is 11.3 Å². The third-order valence-electron chi connectivity index (χ3n) is 3.94. The minimum Gasteiger partial charge on any atom is -0.377 e. The van der Waals surface area contributed by atoms with Crippen LogP contribution in [0.25, 0.3) is 0 Å². The van der Waals surface area contributed by atoms with Crippen LogP contribution in [-0.2, 0) is 0 Å². The number of anilines is 1. The van der Waals surface area contributed by atoms with Gasteiger partial charge in [0.2, 0.25) is 0 Å². The molecule has 1 N–H and O–H groups in total. The van der Waals surface area contributed by atoms with Crippen molar-refractivity contribution in [1.82, 2.24) is 0 Å². The van der Waals surface area contributed by atoms with Gasteiger partial charge in [0.15, 0.2) is 0 Å². The van der Waals surface area contributed by atoms with Gasteiger partial charge in [-0.05, 0) is 37.3 Å². The molecule has 1 aliphatic carbocycles. The Labute approximate surface area is 118 Å². The molecule has 0 bridgehead atoms. The Morgan fingerprint density at radius 1 is 1.35 bits per heavy atom. The van der Waals surface area contributed by atoms with Gasteiger partial charge in [0.1, 0.15) is 5.69 Å². The Balaban J connectivity index is 2.18. The molecule has 1 aromatic rings. The number of hydrogen-bond donors (Lipinski definition) is 1. The summed E-state index contributed by atoms with van der Waals surface area (Å²) in [5, 5.41) is 23.3. The highest BCUT2D eigenvalue weighted by Crippen LogP contribution is 2.30. The molecular formula is C15H19N3O2. The van der Waals surface area contributed by atoms with Crippen LogP contribution in [0.15, 0.2) is 18.2 Å². The van der Waals surface area contributed by atoms with E-state index in [1.807, 2.05) is 6.07 Å². The maximum Gasteiger partial charge on any atom is 0.292 e. The average molecular weight is 273 g/mol. The fourth-order valence-electron chi connectivity index (χ4n) is 2.73. The summed E-state index contributed by atoms with van der Waals surface area (Å²) in [6.45, 7) is 2.25. The molecule has 0 amide bonds. The van der Waals surface area contributed by atoms with Crippen molar-refractivity contribution in [3.63, 3.8) is 0 Å². The third kappa shape index (κ3) is 3.47. The minimum atomic E-state index is -0.400. The Kier molecular flexibility index (Phi) is 4.57. The number of benzene rings is 1. The Hall–Kier alpha value is -2.09. The van der Waals surface area contributed by atoms with Gasteiger partial charge in [-0.3, -0.25) is 10.1 Å². The zero-order valence-electron chi connectivity index (χ0n) is 11.6. The molecule has 1 saturated carbocycles. The molecule has 20 heavy (non-hydrogen) atoms. The van der Waals surface area contributed by atoms with E-state index in [9.17, 15) is 10.1 Å². The lowest BCUT2D eigenvalue weighted by Gasteiger charge is -2.17. The number of rotatable bonds is 3. The SMILES string of the molecule is CC1CCCC(Nc2cc(C#N)ccc2[N+](=O)[O-])CC1. The van der Waals surface area contributed by atoms with Crippen LogP contribution < -0.4 is 5.32 Å². The van der Waals surface area contributed by atoms with Crippen molar-refractivity contribution >= 4 is 11.4 Å². The first-order valence-corrected chi connectivity index (χ1v) is 7.05.